The Hall–Kier alpha value is -3.11. The zero-order chi connectivity index (χ0) is 22.6. The highest BCUT2D eigenvalue weighted by Gasteiger charge is 2.57. The molecule has 30 heavy (non-hydrogen) atoms. The summed E-state index contributed by atoms with van der Waals surface area (Å²) in [6.45, 7) is 7.72. The van der Waals surface area contributed by atoms with Crippen molar-refractivity contribution in [2.24, 2.45) is 22.9 Å². The minimum atomic E-state index is -1.87. The average Bonchev–Trinajstić information content (AvgIpc) is 2.92. The summed E-state index contributed by atoms with van der Waals surface area (Å²) in [6, 6.07) is 1.40. The summed E-state index contributed by atoms with van der Waals surface area (Å²) in [5, 5.41) is 3.70. The molecule has 1 aromatic heterocycles. The van der Waals surface area contributed by atoms with Crippen molar-refractivity contribution in [2.45, 2.75) is 52.7 Å². The number of ether oxygens (including phenoxy) is 3. The Morgan fingerprint density at radius 2 is 2.00 bits per heavy atom. The van der Waals surface area contributed by atoms with Crippen molar-refractivity contribution < 1.29 is 23.8 Å². The van der Waals surface area contributed by atoms with Gasteiger partial charge >= 0.3 is 17.6 Å². The van der Waals surface area contributed by atoms with Crippen LogP contribution in [0.5, 0.6) is 0 Å². The van der Waals surface area contributed by atoms with Gasteiger partial charge in [0.1, 0.15) is 24.8 Å². The Morgan fingerprint density at radius 3 is 2.53 bits per heavy atom. The van der Waals surface area contributed by atoms with Crippen LogP contribution in [0.3, 0.4) is 0 Å². The molecule has 2 rings (SSSR count). The first-order valence-corrected chi connectivity index (χ1v) is 9.48. The van der Waals surface area contributed by atoms with Gasteiger partial charge in [-0.25, -0.2) is 4.79 Å². The van der Waals surface area contributed by atoms with Crippen LogP contribution in [0.4, 0.5) is 5.82 Å². The van der Waals surface area contributed by atoms with Crippen LogP contribution in [0.25, 0.3) is 10.4 Å². The number of carbonyl (C=O) groups is 2. The Morgan fingerprint density at radius 1 is 1.37 bits per heavy atom. The summed E-state index contributed by atoms with van der Waals surface area (Å²) in [4.78, 5) is 43.1. The number of nitrogens with two attached hydrogens (primary N) is 1. The molecule has 0 aliphatic carbocycles. The van der Waals surface area contributed by atoms with E-state index in [4.69, 9.17) is 25.5 Å². The lowest BCUT2D eigenvalue weighted by Crippen LogP contribution is -2.47. The second-order valence-electron chi connectivity index (χ2n) is 7.72. The van der Waals surface area contributed by atoms with Crippen LogP contribution in [-0.2, 0) is 23.8 Å². The van der Waals surface area contributed by atoms with Gasteiger partial charge in [0.05, 0.1) is 11.8 Å². The molecule has 1 saturated heterocycles. The largest absolute Gasteiger partial charge is 0.462 e. The van der Waals surface area contributed by atoms with Gasteiger partial charge in [0.2, 0.25) is 5.72 Å². The molecule has 0 spiro atoms. The molecule has 2 heterocycles. The average molecular weight is 422 g/mol. The number of aromatic nitrogens is 2. The molecule has 1 aliphatic heterocycles. The third kappa shape index (κ3) is 4.71. The monoisotopic (exact) mass is 422 g/mol. The maximum Gasteiger partial charge on any atom is 0.351 e. The third-order valence-electron chi connectivity index (χ3n) is 4.64. The van der Waals surface area contributed by atoms with Crippen molar-refractivity contribution in [1.82, 2.24) is 9.55 Å². The van der Waals surface area contributed by atoms with E-state index in [-0.39, 0.29) is 5.82 Å². The number of carbonyl (C=O) groups excluding carboxylic acids is 2. The third-order valence-corrected chi connectivity index (χ3v) is 4.64. The number of nitrogen functional groups attached to an aromatic ring is 1. The smallest absolute Gasteiger partial charge is 0.351 e. The molecule has 1 aromatic rings. The van der Waals surface area contributed by atoms with E-state index < -0.39 is 60.0 Å². The van der Waals surface area contributed by atoms with Gasteiger partial charge in [0, 0.05) is 17.0 Å². The first-order valence-electron chi connectivity index (χ1n) is 9.48. The molecular weight excluding hydrogens is 396 g/mol. The van der Waals surface area contributed by atoms with Crippen LogP contribution in [0.2, 0.25) is 0 Å². The predicted octanol–water partition coefficient (Wildman–Crippen LogP) is 1.76. The van der Waals surface area contributed by atoms with Crippen molar-refractivity contribution in [3.8, 4) is 0 Å². The molecule has 4 atom stereocenters. The summed E-state index contributed by atoms with van der Waals surface area (Å²) < 4.78 is 17.9. The lowest BCUT2D eigenvalue weighted by Gasteiger charge is -2.30. The van der Waals surface area contributed by atoms with Crippen molar-refractivity contribution >= 4 is 17.8 Å². The summed E-state index contributed by atoms with van der Waals surface area (Å²) >= 11 is 0. The number of anilines is 1. The van der Waals surface area contributed by atoms with Gasteiger partial charge in [0.15, 0.2) is 0 Å². The van der Waals surface area contributed by atoms with Crippen molar-refractivity contribution in [3.05, 3.63) is 33.2 Å². The first-order chi connectivity index (χ1) is 14.0. The Bertz CT molecular complexity index is 909. The quantitative estimate of drug-likeness (QED) is 0.299. The number of hydrogen-bond acceptors (Lipinski definition) is 9. The van der Waals surface area contributed by atoms with E-state index >= 15 is 0 Å². The normalized spacial score (nSPS) is 25.8. The molecule has 0 aromatic carbocycles. The zero-order valence-electron chi connectivity index (χ0n) is 17.5. The molecule has 12 nitrogen and oxygen atoms in total. The van der Waals surface area contributed by atoms with E-state index in [1.165, 1.54) is 12.3 Å². The van der Waals surface area contributed by atoms with Gasteiger partial charge in [-0.3, -0.25) is 14.2 Å². The van der Waals surface area contributed by atoms with E-state index in [0.717, 1.165) is 4.57 Å². The lowest BCUT2D eigenvalue weighted by molar-refractivity contribution is -0.180. The highest BCUT2D eigenvalue weighted by molar-refractivity contribution is 5.72. The summed E-state index contributed by atoms with van der Waals surface area (Å²) in [7, 11) is 0. The molecular formula is C18H26N6O6. The van der Waals surface area contributed by atoms with E-state index in [2.05, 4.69) is 15.0 Å². The maximum absolute atomic E-state index is 12.3. The molecule has 1 unspecified atom stereocenters. The number of rotatable bonds is 7. The maximum atomic E-state index is 12.3. The van der Waals surface area contributed by atoms with Crippen molar-refractivity contribution in [2.75, 3.05) is 12.3 Å². The van der Waals surface area contributed by atoms with Crippen LogP contribution in [-0.4, -0.2) is 39.9 Å². The van der Waals surface area contributed by atoms with Gasteiger partial charge in [-0.15, -0.1) is 0 Å². The molecule has 0 amide bonds. The molecule has 1 fully saturated rings. The van der Waals surface area contributed by atoms with E-state index in [0.29, 0.717) is 0 Å². The minimum absolute atomic E-state index is 0.0249. The highest BCUT2D eigenvalue weighted by Crippen LogP contribution is 2.44. The van der Waals surface area contributed by atoms with Gasteiger partial charge in [0.25, 0.3) is 0 Å². The fourth-order valence-corrected chi connectivity index (χ4v) is 2.98. The molecule has 164 valence electrons. The van der Waals surface area contributed by atoms with E-state index in [1.54, 1.807) is 34.6 Å². The number of hydrogen-bond donors (Lipinski definition) is 1. The van der Waals surface area contributed by atoms with Gasteiger partial charge in [-0.1, -0.05) is 39.7 Å². The van der Waals surface area contributed by atoms with Crippen molar-refractivity contribution in [1.29, 1.82) is 0 Å². The Kier molecular flexibility index (Phi) is 7.06. The number of azide groups is 1. The van der Waals surface area contributed by atoms with Crippen LogP contribution in [0.1, 0.15) is 40.8 Å². The van der Waals surface area contributed by atoms with E-state index in [1.807, 2.05) is 0 Å². The van der Waals surface area contributed by atoms with Crippen LogP contribution < -0.4 is 11.4 Å². The number of esters is 2. The fourth-order valence-electron chi connectivity index (χ4n) is 2.98. The lowest BCUT2D eigenvalue weighted by atomic mass is 9.97. The standard InChI is InChI=1S/C18H26N6O6/c1-9(2)15(25)28-8-18(22-23-20)13(29-16(26)10(3)4)11(5)14(30-18)24-7-6-12(19)21-17(24)27/h6-7,9-11,13-14H,8H2,1-5H3,(H2,19,21,27)/t11-,13-,14+,18?/m0/s1. The Balaban J connectivity index is 2.50. The van der Waals surface area contributed by atoms with Crippen LogP contribution in [0.15, 0.2) is 22.2 Å². The van der Waals surface area contributed by atoms with Crippen LogP contribution >= 0.6 is 0 Å². The molecule has 0 bridgehead atoms. The van der Waals surface area contributed by atoms with Crippen LogP contribution in [0, 0.1) is 17.8 Å². The van der Waals surface area contributed by atoms with Crippen molar-refractivity contribution in [3.63, 3.8) is 0 Å². The van der Waals surface area contributed by atoms with E-state index in [9.17, 15) is 14.4 Å². The zero-order valence-corrected chi connectivity index (χ0v) is 17.5. The molecule has 1 aliphatic rings. The van der Waals surface area contributed by atoms with Gasteiger partial charge in [-0.05, 0) is 11.6 Å². The first kappa shape index (κ1) is 23.2. The fraction of sp³-hybridized carbons (Fsp3) is 0.667. The second kappa shape index (κ2) is 9.14. The highest BCUT2D eigenvalue weighted by atomic mass is 16.6. The summed E-state index contributed by atoms with van der Waals surface area (Å²) in [6.07, 6.45) is -0.768. The Labute approximate surface area is 172 Å². The summed E-state index contributed by atoms with van der Waals surface area (Å²) in [5.41, 5.74) is 12.1. The SMILES string of the molecule is CC(C)C(=O)OCC1(N=[N+]=[N-])O[C@@H](n2ccc(N)nc2=O)[C@@H](C)[C@@H]1OC(=O)C(C)C. The summed E-state index contributed by atoms with van der Waals surface area (Å²) in [5.74, 6) is -2.66. The molecule has 0 saturated carbocycles. The minimum Gasteiger partial charge on any atom is -0.462 e. The molecule has 12 heteroatoms. The predicted molar refractivity (Wildman–Crippen MR) is 105 cm³/mol. The van der Waals surface area contributed by atoms with Gasteiger partial charge in [-0.2, -0.15) is 4.98 Å². The topological polar surface area (TPSA) is 171 Å². The molecule has 0 radical (unpaired) electrons. The second-order valence-corrected chi connectivity index (χ2v) is 7.72. The molecule has 2 N–H and O–H groups in total. The number of nitrogens with zero attached hydrogens (tertiary/aromatic N) is 5. The van der Waals surface area contributed by atoms with Gasteiger partial charge < -0.3 is 19.9 Å².